The van der Waals surface area contributed by atoms with Crippen LogP contribution in [0.5, 0.6) is 5.75 Å². The summed E-state index contributed by atoms with van der Waals surface area (Å²) in [5, 5.41) is 3.71. The Morgan fingerprint density at radius 1 is 1.09 bits per heavy atom. The second-order valence-corrected chi connectivity index (χ2v) is 6.30. The Labute approximate surface area is 133 Å². The molecule has 3 rings (SSSR count). The standard InChI is InChI=1S/C20H25NO/c1-15(2)17-9-6-10-18-19(12-14-22-20(17)18)21-13-11-16-7-4-3-5-8-16/h3-10,15,19,21H,11-14H2,1-2H3. The normalized spacial score (nSPS) is 17.1. The largest absolute Gasteiger partial charge is 0.493 e. The summed E-state index contributed by atoms with van der Waals surface area (Å²) in [4.78, 5) is 0. The van der Waals surface area contributed by atoms with Gasteiger partial charge in [0.15, 0.2) is 0 Å². The lowest BCUT2D eigenvalue weighted by molar-refractivity contribution is 0.250. The Morgan fingerprint density at radius 3 is 2.68 bits per heavy atom. The van der Waals surface area contributed by atoms with Gasteiger partial charge in [0.25, 0.3) is 0 Å². The van der Waals surface area contributed by atoms with Crippen molar-refractivity contribution < 1.29 is 4.74 Å². The third kappa shape index (κ3) is 3.33. The van der Waals surface area contributed by atoms with Crippen LogP contribution < -0.4 is 10.1 Å². The van der Waals surface area contributed by atoms with Crippen molar-refractivity contribution in [1.82, 2.24) is 5.32 Å². The zero-order chi connectivity index (χ0) is 15.4. The maximum absolute atomic E-state index is 5.97. The van der Waals surface area contributed by atoms with E-state index in [0.29, 0.717) is 12.0 Å². The number of fused-ring (bicyclic) bond motifs is 1. The van der Waals surface area contributed by atoms with Crippen LogP contribution in [0.4, 0.5) is 0 Å². The fourth-order valence-electron chi connectivity index (χ4n) is 3.15. The molecule has 0 spiro atoms. The molecule has 22 heavy (non-hydrogen) atoms. The number of hydrogen-bond donors (Lipinski definition) is 1. The van der Waals surface area contributed by atoms with E-state index in [4.69, 9.17) is 4.74 Å². The van der Waals surface area contributed by atoms with Crippen LogP contribution in [0.15, 0.2) is 48.5 Å². The van der Waals surface area contributed by atoms with Crippen LogP contribution in [-0.4, -0.2) is 13.2 Å². The molecule has 116 valence electrons. The first-order valence-electron chi connectivity index (χ1n) is 8.28. The van der Waals surface area contributed by atoms with Crippen LogP contribution in [0, 0.1) is 0 Å². The van der Waals surface area contributed by atoms with Crippen molar-refractivity contribution >= 4 is 0 Å². The minimum Gasteiger partial charge on any atom is -0.493 e. The molecule has 1 N–H and O–H groups in total. The summed E-state index contributed by atoms with van der Waals surface area (Å²) in [6.07, 6.45) is 2.11. The van der Waals surface area contributed by atoms with Crippen molar-refractivity contribution in [2.45, 2.75) is 38.6 Å². The summed E-state index contributed by atoms with van der Waals surface area (Å²) in [7, 11) is 0. The molecule has 2 nitrogen and oxygen atoms in total. The lowest BCUT2D eigenvalue weighted by atomic mass is 9.93. The molecule has 0 aromatic heterocycles. The Bertz CT molecular complexity index is 606. The Balaban J connectivity index is 1.68. The number of rotatable bonds is 5. The van der Waals surface area contributed by atoms with E-state index in [1.54, 1.807) is 0 Å². The van der Waals surface area contributed by atoms with Gasteiger partial charge in [0.2, 0.25) is 0 Å². The Morgan fingerprint density at radius 2 is 1.91 bits per heavy atom. The van der Waals surface area contributed by atoms with Gasteiger partial charge in [-0.05, 0) is 30.0 Å². The molecule has 2 aromatic carbocycles. The molecule has 1 aliphatic heterocycles. The second kappa shape index (κ2) is 6.97. The Hall–Kier alpha value is -1.80. The summed E-state index contributed by atoms with van der Waals surface area (Å²) in [6.45, 7) is 6.26. The van der Waals surface area contributed by atoms with E-state index in [2.05, 4.69) is 67.7 Å². The fourth-order valence-corrected chi connectivity index (χ4v) is 3.15. The van der Waals surface area contributed by atoms with Gasteiger partial charge in [-0.25, -0.2) is 0 Å². The minimum absolute atomic E-state index is 0.408. The van der Waals surface area contributed by atoms with E-state index in [0.717, 1.165) is 31.7 Å². The van der Waals surface area contributed by atoms with E-state index in [-0.39, 0.29) is 0 Å². The highest BCUT2D eigenvalue weighted by Crippen LogP contribution is 2.37. The monoisotopic (exact) mass is 295 g/mol. The predicted octanol–water partition coefficient (Wildman–Crippen LogP) is 4.47. The average Bonchev–Trinajstić information content (AvgIpc) is 2.55. The van der Waals surface area contributed by atoms with Crippen LogP contribution in [-0.2, 0) is 6.42 Å². The molecule has 0 saturated heterocycles. The number of benzene rings is 2. The van der Waals surface area contributed by atoms with Gasteiger partial charge < -0.3 is 10.1 Å². The molecule has 0 bridgehead atoms. The third-order valence-electron chi connectivity index (χ3n) is 4.37. The molecule has 0 amide bonds. The van der Waals surface area contributed by atoms with Crippen molar-refractivity contribution in [3.63, 3.8) is 0 Å². The van der Waals surface area contributed by atoms with Gasteiger partial charge in [0, 0.05) is 18.0 Å². The first kappa shape index (κ1) is 15.1. The van der Waals surface area contributed by atoms with Gasteiger partial charge in [-0.3, -0.25) is 0 Å². The van der Waals surface area contributed by atoms with Gasteiger partial charge >= 0.3 is 0 Å². The van der Waals surface area contributed by atoms with E-state index in [9.17, 15) is 0 Å². The lowest BCUT2D eigenvalue weighted by Crippen LogP contribution is -2.29. The fraction of sp³-hybridized carbons (Fsp3) is 0.400. The minimum atomic E-state index is 0.408. The quantitative estimate of drug-likeness (QED) is 0.879. The number of nitrogens with one attached hydrogen (secondary N) is 1. The van der Waals surface area contributed by atoms with Crippen LogP contribution in [0.3, 0.4) is 0 Å². The molecule has 0 aliphatic carbocycles. The number of ether oxygens (including phenoxy) is 1. The van der Waals surface area contributed by atoms with E-state index in [1.807, 2.05) is 0 Å². The van der Waals surface area contributed by atoms with Gasteiger partial charge in [-0.15, -0.1) is 0 Å². The van der Waals surface area contributed by atoms with E-state index in [1.165, 1.54) is 16.7 Å². The van der Waals surface area contributed by atoms with Crippen molar-refractivity contribution in [2.24, 2.45) is 0 Å². The molecule has 1 atom stereocenters. The summed E-state index contributed by atoms with van der Waals surface area (Å²) in [5.74, 6) is 1.61. The number of para-hydroxylation sites is 1. The molecule has 0 saturated carbocycles. The zero-order valence-corrected chi connectivity index (χ0v) is 13.5. The second-order valence-electron chi connectivity index (χ2n) is 6.30. The summed E-state index contributed by atoms with van der Waals surface area (Å²) in [5.41, 5.74) is 4.04. The predicted molar refractivity (Wildman–Crippen MR) is 91.5 cm³/mol. The van der Waals surface area contributed by atoms with Gasteiger partial charge in [0.05, 0.1) is 6.61 Å². The van der Waals surface area contributed by atoms with Crippen molar-refractivity contribution in [3.8, 4) is 5.75 Å². The van der Waals surface area contributed by atoms with Crippen LogP contribution in [0.25, 0.3) is 0 Å². The molecule has 0 radical (unpaired) electrons. The van der Waals surface area contributed by atoms with Crippen molar-refractivity contribution in [2.75, 3.05) is 13.2 Å². The highest BCUT2D eigenvalue weighted by atomic mass is 16.5. The first-order chi connectivity index (χ1) is 10.8. The maximum atomic E-state index is 5.97. The highest BCUT2D eigenvalue weighted by molar-refractivity contribution is 5.46. The van der Waals surface area contributed by atoms with Crippen LogP contribution in [0.2, 0.25) is 0 Å². The highest BCUT2D eigenvalue weighted by Gasteiger charge is 2.23. The van der Waals surface area contributed by atoms with Gasteiger partial charge in [-0.2, -0.15) is 0 Å². The van der Waals surface area contributed by atoms with Crippen LogP contribution in [0.1, 0.15) is 48.9 Å². The van der Waals surface area contributed by atoms with E-state index >= 15 is 0 Å². The summed E-state index contributed by atoms with van der Waals surface area (Å²) in [6, 6.07) is 17.6. The topological polar surface area (TPSA) is 21.3 Å². The lowest BCUT2D eigenvalue weighted by Gasteiger charge is -2.29. The molecule has 1 aliphatic rings. The van der Waals surface area contributed by atoms with Crippen LogP contribution >= 0.6 is 0 Å². The molecule has 0 fully saturated rings. The summed E-state index contributed by atoms with van der Waals surface area (Å²) >= 11 is 0. The van der Waals surface area contributed by atoms with Crippen molar-refractivity contribution in [3.05, 3.63) is 65.2 Å². The molecular formula is C20H25NO. The van der Waals surface area contributed by atoms with Gasteiger partial charge in [0.1, 0.15) is 5.75 Å². The molecular weight excluding hydrogens is 270 g/mol. The van der Waals surface area contributed by atoms with Crippen molar-refractivity contribution in [1.29, 1.82) is 0 Å². The molecule has 1 heterocycles. The maximum Gasteiger partial charge on any atom is 0.127 e. The first-order valence-corrected chi connectivity index (χ1v) is 8.28. The molecule has 2 aromatic rings. The summed E-state index contributed by atoms with van der Waals surface area (Å²) < 4.78 is 5.97. The number of hydrogen-bond acceptors (Lipinski definition) is 2. The SMILES string of the molecule is CC(C)c1cccc2c1OCCC2NCCc1ccccc1. The Kier molecular flexibility index (Phi) is 4.79. The van der Waals surface area contributed by atoms with E-state index < -0.39 is 0 Å². The average molecular weight is 295 g/mol. The third-order valence-corrected chi connectivity index (χ3v) is 4.37. The van der Waals surface area contributed by atoms with Gasteiger partial charge in [-0.1, -0.05) is 62.4 Å². The smallest absolute Gasteiger partial charge is 0.127 e. The zero-order valence-electron chi connectivity index (χ0n) is 13.5. The molecule has 1 unspecified atom stereocenters. The molecule has 2 heteroatoms.